The number of amides is 2. The van der Waals surface area contributed by atoms with Gasteiger partial charge in [-0.3, -0.25) is 14.7 Å². The molecule has 0 spiro atoms. The Hall–Kier alpha value is -3.85. The first-order chi connectivity index (χ1) is 15.5. The molecule has 170 valence electrons. The molecule has 2 aromatic heterocycles. The Bertz CT molecular complexity index is 1380. The summed E-state index contributed by atoms with van der Waals surface area (Å²) in [7, 11) is 0. The van der Waals surface area contributed by atoms with Gasteiger partial charge < -0.3 is 15.7 Å². The molecule has 0 atom stereocenters. The minimum Gasteiger partial charge on any atom is -0.507 e. The number of aromatic amines is 1. The largest absolute Gasteiger partial charge is 0.507 e. The lowest BCUT2D eigenvalue weighted by Crippen LogP contribution is -2.13. The number of benzene rings is 2. The summed E-state index contributed by atoms with van der Waals surface area (Å²) < 4.78 is 1.47. The van der Waals surface area contributed by atoms with E-state index in [1.54, 1.807) is 36.4 Å². The first-order valence-electron chi connectivity index (χ1n) is 10.2. The number of H-pyrrole nitrogens is 1. The van der Waals surface area contributed by atoms with Crippen molar-refractivity contribution < 1.29 is 14.7 Å². The molecule has 10 heteroatoms. The molecule has 0 aliphatic carbocycles. The number of rotatable bonds is 4. The number of carbonyl (C=O) groups is 2. The Morgan fingerprint density at radius 2 is 1.82 bits per heavy atom. The van der Waals surface area contributed by atoms with Crippen molar-refractivity contribution in [3.05, 3.63) is 58.7 Å². The lowest BCUT2D eigenvalue weighted by Gasteiger charge is -2.16. The second kappa shape index (κ2) is 8.25. The van der Waals surface area contributed by atoms with E-state index < -0.39 is 0 Å². The molecule has 4 N–H and O–H groups in total. The minimum absolute atomic E-state index is 0.0407. The van der Waals surface area contributed by atoms with E-state index >= 15 is 0 Å². The Balaban J connectivity index is 1.62. The zero-order chi connectivity index (χ0) is 23.9. The summed E-state index contributed by atoms with van der Waals surface area (Å²) >= 11 is 6.49. The van der Waals surface area contributed by atoms with E-state index in [2.05, 4.69) is 25.8 Å². The van der Waals surface area contributed by atoms with E-state index in [9.17, 15) is 14.7 Å². The maximum atomic E-state index is 12.7. The molecule has 4 rings (SSSR count). The van der Waals surface area contributed by atoms with Crippen LogP contribution >= 0.6 is 11.6 Å². The number of halogens is 1. The lowest BCUT2D eigenvalue weighted by atomic mass is 9.92. The van der Waals surface area contributed by atoms with Crippen LogP contribution in [0.3, 0.4) is 0 Å². The highest BCUT2D eigenvalue weighted by molar-refractivity contribution is 6.34. The van der Waals surface area contributed by atoms with Gasteiger partial charge in [0, 0.05) is 29.3 Å². The Kier molecular flexibility index (Phi) is 5.59. The molecule has 0 unspecified atom stereocenters. The van der Waals surface area contributed by atoms with Gasteiger partial charge in [-0.1, -0.05) is 38.4 Å². The summed E-state index contributed by atoms with van der Waals surface area (Å²) in [5.41, 5.74) is 2.69. The summed E-state index contributed by atoms with van der Waals surface area (Å²) in [6, 6.07) is 11.2. The fourth-order valence-electron chi connectivity index (χ4n) is 3.35. The average molecular weight is 467 g/mol. The van der Waals surface area contributed by atoms with Crippen molar-refractivity contribution in [3.63, 3.8) is 0 Å². The van der Waals surface area contributed by atoms with Gasteiger partial charge in [0.25, 0.3) is 5.91 Å². The topological polar surface area (TPSA) is 124 Å². The van der Waals surface area contributed by atoms with Gasteiger partial charge in [0.05, 0.1) is 11.3 Å². The van der Waals surface area contributed by atoms with E-state index in [-0.39, 0.29) is 28.8 Å². The number of nitrogens with zero attached hydrogens (tertiary/aromatic N) is 3. The van der Waals surface area contributed by atoms with E-state index in [0.29, 0.717) is 33.2 Å². The van der Waals surface area contributed by atoms with Crippen LogP contribution in [0.5, 0.6) is 5.75 Å². The number of aromatic hydroxyl groups is 1. The van der Waals surface area contributed by atoms with Crippen LogP contribution in [-0.2, 0) is 10.2 Å². The second-order valence-corrected chi connectivity index (χ2v) is 9.05. The van der Waals surface area contributed by atoms with Gasteiger partial charge >= 0.3 is 0 Å². The Labute approximate surface area is 194 Å². The van der Waals surface area contributed by atoms with Crippen LogP contribution in [0, 0.1) is 0 Å². The van der Waals surface area contributed by atoms with Crippen molar-refractivity contribution in [2.75, 3.05) is 10.6 Å². The number of aromatic nitrogens is 4. The SMILES string of the molecule is CC(=O)Nc1cccc(C(=O)Nc2ccc(O)c(-c3nc4c(Cl)c(C(C)(C)C)[nH]n4n3)c2)c1. The van der Waals surface area contributed by atoms with Gasteiger partial charge in [-0.15, -0.1) is 5.10 Å². The number of anilines is 2. The molecule has 0 radical (unpaired) electrons. The number of hydrogen-bond acceptors (Lipinski definition) is 5. The molecule has 0 aliphatic rings. The van der Waals surface area contributed by atoms with Crippen LogP contribution in [0.25, 0.3) is 17.0 Å². The summed E-state index contributed by atoms with van der Waals surface area (Å²) in [6.45, 7) is 7.46. The van der Waals surface area contributed by atoms with Crippen LogP contribution in [0.1, 0.15) is 43.7 Å². The van der Waals surface area contributed by atoms with Crippen LogP contribution in [0.4, 0.5) is 11.4 Å². The maximum absolute atomic E-state index is 12.7. The van der Waals surface area contributed by atoms with Crippen molar-refractivity contribution in [1.29, 1.82) is 0 Å². The summed E-state index contributed by atoms with van der Waals surface area (Å²) in [5.74, 6) is -0.387. The summed E-state index contributed by atoms with van der Waals surface area (Å²) in [5, 5.41) is 23.8. The molecule has 0 fully saturated rings. The highest BCUT2D eigenvalue weighted by Gasteiger charge is 2.25. The number of phenols is 1. The van der Waals surface area contributed by atoms with E-state index in [1.165, 1.54) is 17.6 Å². The third-order valence-corrected chi connectivity index (χ3v) is 5.29. The quantitative estimate of drug-likeness (QED) is 0.327. The molecule has 0 saturated carbocycles. The fraction of sp³-hybridized carbons (Fsp3) is 0.217. The smallest absolute Gasteiger partial charge is 0.255 e. The maximum Gasteiger partial charge on any atom is 0.255 e. The van der Waals surface area contributed by atoms with Crippen molar-refractivity contribution in [3.8, 4) is 17.1 Å². The summed E-state index contributed by atoms with van der Waals surface area (Å²) in [6.07, 6.45) is 0. The van der Waals surface area contributed by atoms with Crippen LogP contribution in [0.15, 0.2) is 42.5 Å². The molecule has 2 amide bonds. The molecule has 0 bridgehead atoms. The Morgan fingerprint density at radius 1 is 1.09 bits per heavy atom. The van der Waals surface area contributed by atoms with Crippen molar-refractivity contribution in [2.24, 2.45) is 0 Å². The monoisotopic (exact) mass is 466 g/mol. The van der Waals surface area contributed by atoms with Crippen molar-refractivity contribution in [1.82, 2.24) is 19.8 Å². The predicted octanol–water partition coefficient (Wildman–Crippen LogP) is 4.59. The van der Waals surface area contributed by atoms with Gasteiger partial charge in [0.1, 0.15) is 10.8 Å². The molecule has 2 heterocycles. The number of hydrogen-bond donors (Lipinski definition) is 4. The van der Waals surface area contributed by atoms with Crippen LogP contribution in [-0.4, -0.2) is 36.7 Å². The number of fused-ring (bicyclic) bond motifs is 1. The predicted molar refractivity (Wildman–Crippen MR) is 127 cm³/mol. The third kappa shape index (κ3) is 4.54. The van der Waals surface area contributed by atoms with Crippen molar-refractivity contribution >= 4 is 40.4 Å². The highest BCUT2D eigenvalue weighted by atomic mass is 35.5. The first kappa shape index (κ1) is 22.3. The van der Waals surface area contributed by atoms with Gasteiger partial charge in [0.2, 0.25) is 5.91 Å². The van der Waals surface area contributed by atoms with Gasteiger partial charge in [-0.2, -0.15) is 4.63 Å². The number of nitrogens with one attached hydrogen (secondary N) is 3. The molecule has 0 saturated heterocycles. The van der Waals surface area contributed by atoms with Crippen molar-refractivity contribution in [2.45, 2.75) is 33.1 Å². The molecule has 9 nitrogen and oxygen atoms in total. The Morgan fingerprint density at radius 3 is 2.48 bits per heavy atom. The fourth-order valence-corrected chi connectivity index (χ4v) is 3.80. The third-order valence-electron chi connectivity index (χ3n) is 4.93. The summed E-state index contributed by atoms with van der Waals surface area (Å²) in [4.78, 5) is 28.5. The molecule has 4 aromatic rings. The van der Waals surface area contributed by atoms with Gasteiger partial charge in [0.15, 0.2) is 11.5 Å². The number of carbonyl (C=O) groups excluding carboxylic acids is 2. The molecular weight excluding hydrogens is 444 g/mol. The molecule has 2 aromatic carbocycles. The first-order valence-corrected chi connectivity index (χ1v) is 10.6. The van der Waals surface area contributed by atoms with E-state index in [4.69, 9.17) is 11.6 Å². The van der Waals surface area contributed by atoms with Crippen LogP contribution < -0.4 is 10.6 Å². The average Bonchev–Trinajstić information content (AvgIpc) is 3.28. The minimum atomic E-state index is -0.374. The normalized spacial score (nSPS) is 11.5. The lowest BCUT2D eigenvalue weighted by molar-refractivity contribution is -0.114. The van der Waals surface area contributed by atoms with Crippen LogP contribution in [0.2, 0.25) is 5.02 Å². The number of phenolic OH excluding ortho intramolecular Hbond substituents is 1. The zero-order valence-electron chi connectivity index (χ0n) is 18.5. The standard InChI is InChI=1S/C23H23ClN6O3/c1-12(31)25-14-7-5-6-13(10-14)22(33)26-15-8-9-17(32)16(11-15)20-27-21-18(24)19(23(2,3)4)28-30(21)29-20/h5-11,28,32H,1-4H3,(H,25,31)(H,26,33). The van der Waals surface area contributed by atoms with Gasteiger partial charge in [-0.25, -0.2) is 4.98 Å². The van der Waals surface area contributed by atoms with E-state index in [0.717, 1.165) is 5.69 Å². The molecular formula is C23H23ClN6O3. The second-order valence-electron chi connectivity index (χ2n) is 8.67. The van der Waals surface area contributed by atoms with E-state index in [1.807, 2.05) is 20.8 Å². The molecule has 33 heavy (non-hydrogen) atoms. The zero-order valence-corrected chi connectivity index (χ0v) is 19.3. The highest BCUT2D eigenvalue weighted by Crippen LogP contribution is 2.34. The van der Waals surface area contributed by atoms with Gasteiger partial charge in [-0.05, 0) is 36.4 Å². The molecule has 0 aliphatic heterocycles.